The molecule has 0 unspecified atom stereocenters. The number of thiocarbonyl (C=S) groups is 1. The maximum Gasteiger partial charge on any atom is 0.153 e. The molecule has 0 aliphatic rings. The summed E-state index contributed by atoms with van der Waals surface area (Å²) in [5.74, 6) is 1.40. The zero-order chi connectivity index (χ0) is 11.5. The van der Waals surface area contributed by atoms with Crippen LogP contribution in [0.25, 0.3) is 0 Å². The molecule has 0 bridgehead atoms. The van der Waals surface area contributed by atoms with E-state index in [1.54, 1.807) is 23.0 Å². The predicted octanol–water partition coefficient (Wildman–Crippen LogP) is 1.19. The van der Waals surface area contributed by atoms with E-state index in [2.05, 4.69) is 15.4 Å². The third-order valence-electron chi connectivity index (χ3n) is 2.01. The molecule has 0 aliphatic heterocycles. The number of nitrogens with zero attached hydrogens (tertiary/aromatic N) is 3. The first-order chi connectivity index (χ1) is 7.65. The first-order valence-electron chi connectivity index (χ1n) is 4.67. The van der Waals surface area contributed by atoms with Crippen molar-refractivity contribution in [1.82, 2.24) is 14.8 Å². The van der Waals surface area contributed by atoms with Crippen molar-refractivity contribution in [1.29, 1.82) is 0 Å². The first kappa shape index (κ1) is 10.6. The Bertz CT molecular complexity index is 519. The van der Waals surface area contributed by atoms with Crippen LogP contribution in [-0.2, 0) is 7.05 Å². The maximum absolute atomic E-state index is 5.54. The number of nitrogens with one attached hydrogen (secondary N) is 1. The number of rotatable bonds is 3. The van der Waals surface area contributed by atoms with Crippen molar-refractivity contribution < 1.29 is 0 Å². The third-order valence-corrected chi connectivity index (χ3v) is 2.25. The predicted molar refractivity (Wildman–Crippen MR) is 66.6 cm³/mol. The van der Waals surface area contributed by atoms with Gasteiger partial charge in [0.15, 0.2) is 5.82 Å². The van der Waals surface area contributed by atoms with Gasteiger partial charge in [-0.05, 0) is 12.1 Å². The van der Waals surface area contributed by atoms with E-state index in [0.717, 1.165) is 11.4 Å². The van der Waals surface area contributed by atoms with Crippen molar-refractivity contribution in [2.75, 3.05) is 5.32 Å². The zero-order valence-corrected chi connectivity index (χ0v) is 9.53. The average Bonchev–Trinajstić information content (AvgIpc) is 2.64. The Balaban J connectivity index is 2.21. The van der Waals surface area contributed by atoms with E-state index >= 15 is 0 Å². The Morgan fingerprint density at radius 1 is 1.44 bits per heavy atom. The normalized spacial score (nSPS) is 10.1. The smallest absolute Gasteiger partial charge is 0.153 e. The minimum absolute atomic E-state index is 0.353. The molecule has 0 aliphatic carbocycles. The lowest BCUT2D eigenvalue weighted by Crippen LogP contribution is -2.09. The summed E-state index contributed by atoms with van der Waals surface area (Å²) in [5.41, 5.74) is 6.32. The van der Waals surface area contributed by atoms with Crippen LogP contribution in [0.5, 0.6) is 0 Å². The molecule has 2 rings (SSSR count). The number of pyridine rings is 1. The molecule has 0 saturated heterocycles. The summed E-state index contributed by atoms with van der Waals surface area (Å²) in [6.07, 6.45) is 3.50. The molecule has 6 heteroatoms. The van der Waals surface area contributed by atoms with Crippen molar-refractivity contribution in [3.05, 3.63) is 36.2 Å². The van der Waals surface area contributed by atoms with Crippen LogP contribution in [0.15, 0.2) is 30.6 Å². The highest BCUT2D eigenvalue weighted by atomic mass is 32.1. The monoisotopic (exact) mass is 233 g/mol. The second-order valence-corrected chi connectivity index (χ2v) is 3.73. The molecule has 0 radical (unpaired) electrons. The molecule has 0 saturated carbocycles. The first-order valence-corrected chi connectivity index (χ1v) is 5.08. The van der Waals surface area contributed by atoms with Gasteiger partial charge < -0.3 is 11.1 Å². The van der Waals surface area contributed by atoms with Gasteiger partial charge in [0, 0.05) is 31.1 Å². The van der Waals surface area contributed by atoms with Crippen molar-refractivity contribution in [2.24, 2.45) is 12.8 Å². The van der Waals surface area contributed by atoms with Crippen LogP contribution in [0.1, 0.15) is 5.56 Å². The molecule has 0 atom stereocenters. The number of aryl methyl sites for hydroxylation is 1. The Kier molecular flexibility index (Phi) is 2.82. The molecule has 0 spiro atoms. The Morgan fingerprint density at radius 3 is 2.88 bits per heavy atom. The van der Waals surface area contributed by atoms with Crippen LogP contribution in [0, 0.1) is 0 Å². The zero-order valence-electron chi connectivity index (χ0n) is 8.71. The van der Waals surface area contributed by atoms with Crippen LogP contribution in [0.4, 0.5) is 11.6 Å². The number of hydrogen-bond acceptors (Lipinski definition) is 4. The van der Waals surface area contributed by atoms with Gasteiger partial charge in [-0.15, -0.1) is 0 Å². The van der Waals surface area contributed by atoms with Gasteiger partial charge in [-0.25, -0.2) is 4.98 Å². The summed E-state index contributed by atoms with van der Waals surface area (Å²) in [6, 6.07) is 5.41. The summed E-state index contributed by atoms with van der Waals surface area (Å²) in [7, 11) is 1.85. The molecule has 2 aromatic rings. The summed E-state index contributed by atoms with van der Waals surface area (Å²) < 4.78 is 1.71. The van der Waals surface area contributed by atoms with E-state index in [9.17, 15) is 0 Å². The molecule has 0 aromatic carbocycles. The van der Waals surface area contributed by atoms with E-state index in [4.69, 9.17) is 18.0 Å². The van der Waals surface area contributed by atoms with Crippen molar-refractivity contribution in [3.63, 3.8) is 0 Å². The minimum atomic E-state index is 0.353. The largest absolute Gasteiger partial charge is 0.389 e. The van der Waals surface area contributed by atoms with Crippen LogP contribution >= 0.6 is 12.2 Å². The Morgan fingerprint density at radius 2 is 2.25 bits per heavy atom. The molecule has 2 heterocycles. The van der Waals surface area contributed by atoms with Crippen LogP contribution in [0.3, 0.4) is 0 Å². The van der Waals surface area contributed by atoms with Gasteiger partial charge in [-0.2, -0.15) is 5.10 Å². The SMILES string of the molecule is Cn1ccc(Nc2cc(C(N)=S)ccn2)n1. The average molecular weight is 233 g/mol. The second kappa shape index (κ2) is 4.28. The number of anilines is 2. The van der Waals surface area contributed by atoms with Crippen LogP contribution in [0.2, 0.25) is 0 Å². The van der Waals surface area contributed by atoms with E-state index < -0.39 is 0 Å². The maximum atomic E-state index is 5.54. The fourth-order valence-corrected chi connectivity index (χ4v) is 1.39. The van der Waals surface area contributed by atoms with Crippen molar-refractivity contribution in [2.45, 2.75) is 0 Å². The van der Waals surface area contributed by atoms with Crippen LogP contribution in [-0.4, -0.2) is 19.8 Å². The minimum Gasteiger partial charge on any atom is -0.389 e. The molecular weight excluding hydrogens is 222 g/mol. The fraction of sp³-hybridized carbons (Fsp3) is 0.100. The Hall–Kier alpha value is -1.95. The highest BCUT2D eigenvalue weighted by Gasteiger charge is 2.01. The van der Waals surface area contributed by atoms with Crippen molar-refractivity contribution in [3.8, 4) is 0 Å². The van der Waals surface area contributed by atoms with Gasteiger partial charge in [0.25, 0.3) is 0 Å². The third kappa shape index (κ3) is 2.34. The number of hydrogen-bond donors (Lipinski definition) is 2. The van der Waals surface area contributed by atoms with Gasteiger partial charge in [0.1, 0.15) is 10.8 Å². The molecule has 5 nitrogen and oxygen atoms in total. The fourth-order valence-electron chi connectivity index (χ4n) is 1.27. The molecule has 82 valence electrons. The topological polar surface area (TPSA) is 68.8 Å². The summed E-state index contributed by atoms with van der Waals surface area (Å²) in [6.45, 7) is 0. The molecule has 3 N–H and O–H groups in total. The molecule has 16 heavy (non-hydrogen) atoms. The van der Waals surface area contributed by atoms with Gasteiger partial charge in [-0.3, -0.25) is 4.68 Å². The highest BCUT2D eigenvalue weighted by molar-refractivity contribution is 7.80. The van der Waals surface area contributed by atoms with Gasteiger partial charge >= 0.3 is 0 Å². The van der Waals surface area contributed by atoms with Gasteiger partial charge in [-0.1, -0.05) is 12.2 Å². The summed E-state index contributed by atoms with van der Waals surface area (Å²) in [5, 5.41) is 7.24. The lowest BCUT2D eigenvalue weighted by molar-refractivity contribution is 0.771. The van der Waals surface area contributed by atoms with E-state index in [1.807, 2.05) is 19.3 Å². The summed E-state index contributed by atoms with van der Waals surface area (Å²) >= 11 is 4.89. The van der Waals surface area contributed by atoms with Gasteiger partial charge in [0.2, 0.25) is 0 Å². The number of nitrogens with two attached hydrogens (primary N) is 1. The van der Waals surface area contributed by atoms with E-state index in [1.165, 1.54) is 0 Å². The molecule has 0 amide bonds. The van der Waals surface area contributed by atoms with Crippen molar-refractivity contribution >= 4 is 28.8 Å². The van der Waals surface area contributed by atoms with E-state index in [0.29, 0.717) is 10.8 Å². The lowest BCUT2D eigenvalue weighted by Gasteiger charge is -2.03. The highest BCUT2D eigenvalue weighted by Crippen LogP contribution is 2.12. The Labute approximate surface area is 98.3 Å². The quantitative estimate of drug-likeness (QED) is 0.779. The molecular formula is C10H11N5S. The molecule has 0 fully saturated rings. The summed E-state index contributed by atoms with van der Waals surface area (Å²) in [4.78, 5) is 4.50. The van der Waals surface area contributed by atoms with Crippen LogP contribution < -0.4 is 11.1 Å². The lowest BCUT2D eigenvalue weighted by atomic mass is 10.2. The second-order valence-electron chi connectivity index (χ2n) is 3.29. The number of aromatic nitrogens is 3. The molecule has 2 aromatic heterocycles. The standard InChI is InChI=1S/C10H11N5S/c1-15-5-3-8(14-15)13-9-6-7(10(11)16)2-4-12-9/h2-6H,1H3,(H2,11,16)(H,12,13,14). The van der Waals surface area contributed by atoms with Gasteiger partial charge in [0.05, 0.1) is 0 Å². The van der Waals surface area contributed by atoms with E-state index in [-0.39, 0.29) is 0 Å².